The van der Waals surface area contributed by atoms with E-state index >= 15 is 4.21 Å². The molecule has 0 saturated carbocycles. The molecule has 2 heterocycles. The molecule has 3 aliphatic rings. The number of anilines is 1. The van der Waals surface area contributed by atoms with Crippen LogP contribution in [0.3, 0.4) is 0 Å². The number of aliphatic hydroxyl groups excluding tert-OH is 1. The lowest BCUT2D eigenvalue weighted by Gasteiger charge is -2.37. The summed E-state index contributed by atoms with van der Waals surface area (Å²) in [6.45, 7) is 1.75. The molecule has 9 nitrogen and oxygen atoms in total. The van der Waals surface area contributed by atoms with Gasteiger partial charge in [-0.15, -0.1) is 4.36 Å². The number of urea groups is 1. The summed E-state index contributed by atoms with van der Waals surface area (Å²) < 4.78 is 31.6. The van der Waals surface area contributed by atoms with Gasteiger partial charge in [0, 0.05) is 5.69 Å². The zero-order valence-electron chi connectivity index (χ0n) is 26.0. The zero-order valence-corrected chi connectivity index (χ0v) is 26.8. The highest BCUT2D eigenvalue weighted by Gasteiger charge is 2.44. The van der Waals surface area contributed by atoms with Crippen molar-refractivity contribution in [1.82, 2.24) is 14.5 Å². The minimum atomic E-state index is -3.87. The number of rotatable bonds is 8. The van der Waals surface area contributed by atoms with Crippen LogP contribution >= 0.6 is 0 Å². The van der Waals surface area contributed by atoms with Gasteiger partial charge < -0.3 is 15.2 Å². The van der Waals surface area contributed by atoms with Crippen molar-refractivity contribution in [3.05, 3.63) is 142 Å². The standard InChI is InChI=1S/C37H35N5O4S/c1-36(24-43)23-42-34(46-36)32(22-38-42)47(45,40-35(44)39-33-30-19-17-25(30)21-26-18-20-31(26)33)41-37(27-11-5-2-6-12-27,28-13-7-3-8-14-28)29-15-9-4-10-16-29/h2-16,21-22,43H,17-20,23-24H2,1H3,(H2,39,40,41,44,45)/t36-,47-/m1/s1. The quantitative estimate of drug-likeness (QED) is 0.185. The van der Waals surface area contributed by atoms with Crippen LogP contribution in [-0.4, -0.2) is 37.3 Å². The van der Waals surface area contributed by atoms with E-state index in [-0.39, 0.29) is 23.9 Å². The molecule has 0 fully saturated rings. The van der Waals surface area contributed by atoms with E-state index < -0.39 is 27.1 Å². The Kier molecular flexibility index (Phi) is 7.05. The van der Waals surface area contributed by atoms with E-state index in [0.717, 1.165) is 59.2 Å². The summed E-state index contributed by atoms with van der Waals surface area (Å²) >= 11 is 0. The Morgan fingerprint density at radius 3 is 1.91 bits per heavy atom. The van der Waals surface area contributed by atoms with Gasteiger partial charge in [-0.1, -0.05) is 97.1 Å². The monoisotopic (exact) mass is 645 g/mol. The number of benzene rings is 4. The normalized spacial score (nSPS) is 18.8. The third kappa shape index (κ3) is 4.86. The molecule has 1 aliphatic heterocycles. The maximum atomic E-state index is 15.8. The fraction of sp³-hybridized carbons (Fsp3) is 0.243. The van der Waals surface area contributed by atoms with Crippen LogP contribution in [0, 0.1) is 0 Å². The van der Waals surface area contributed by atoms with Crippen molar-refractivity contribution in [2.24, 2.45) is 4.36 Å². The first-order chi connectivity index (χ1) is 22.8. The first-order valence-electron chi connectivity index (χ1n) is 15.9. The smallest absolute Gasteiger partial charge is 0.354 e. The number of hydrogen-bond donors (Lipinski definition) is 3. The average molecular weight is 646 g/mol. The summed E-state index contributed by atoms with van der Waals surface area (Å²) in [5, 5.41) is 17.7. The second-order valence-electron chi connectivity index (χ2n) is 12.7. The van der Waals surface area contributed by atoms with Crippen molar-refractivity contribution in [2.45, 2.75) is 55.2 Å². The van der Waals surface area contributed by atoms with E-state index in [9.17, 15) is 9.90 Å². The van der Waals surface area contributed by atoms with Crippen LogP contribution in [0.2, 0.25) is 0 Å². The molecule has 47 heavy (non-hydrogen) atoms. The number of hydrogen-bond acceptors (Lipinski definition) is 5. The minimum Gasteiger partial charge on any atom is -0.466 e. The molecule has 10 heteroatoms. The highest BCUT2D eigenvalue weighted by molar-refractivity contribution is 7.92. The molecule has 238 valence electrons. The molecule has 1 aromatic heterocycles. The number of fused-ring (bicyclic) bond motifs is 3. The molecular weight excluding hydrogens is 611 g/mol. The average Bonchev–Trinajstić information content (AvgIpc) is 3.60. The van der Waals surface area contributed by atoms with Crippen LogP contribution in [0.5, 0.6) is 5.88 Å². The Labute approximate surface area is 273 Å². The molecule has 8 rings (SSSR count). The van der Waals surface area contributed by atoms with Gasteiger partial charge in [-0.05, 0) is 71.6 Å². The molecule has 3 N–H and O–H groups in total. The first-order valence-corrected chi connectivity index (χ1v) is 17.4. The third-order valence-corrected chi connectivity index (χ3v) is 11.5. The lowest BCUT2D eigenvalue weighted by molar-refractivity contribution is 0.0399. The van der Waals surface area contributed by atoms with Crippen LogP contribution < -0.4 is 14.8 Å². The Morgan fingerprint density at radius 2 is 1.45 bits per heavy atom. The van der Waals surface area contributed by atoms with E-state index in [1.54, 1.807) is 11.6 Å². The van der Waals surface area contributed by atoms with Crippen molar-refractivity contribution in [3.63, 3.8) is 0 Å². The van der Waals surface area contributed by atoms with Gasteiger partial charge in [0.05, 0.1) is 19.3 Å². The number of aromatic nitrogens is 2. The summed E-state index contributed by atoms with van der Waals surface area (Å²) in [5.41, 5.74) is 5.78. The number of aryl methyl sites for hydroxylation is 2. The maximum Gasteiger partial charge on any atom is 0.354 e. The van der Waals surface area contributed by atoms with E-state index in [1.807, 2.05) is 91.0 Å². The first kappa shape index (κ1) is 29.6. The van der Waals surface area contributed by atoms with Gasteiger partial charge in [0.15, 0.2) is 15.5 Å². The summed E-state index contributed by atoms with van der Waals surface area (Å²) in [6, 6.07) is 30.7. The number of carbonyl (C=O) groups excluding carboxylic acids is 1. The Morgan fingerprint density at radius 1 is 0.915 bits per heavy atom. The summed E-state index contributed by atoms with van der Waals surface area (Å²) in [5.74, 6) is 0.201. The largest absolute Gasteiger partial charge is 0.466 e. The van der Waals surface area contributed by atoms with Gasteiger partial charge in [-0.25, -0.2) is 18.4 Å². The molecular formula is C37H35N5O4S. The predicted octanol–water partition coefficient (Wildman–Crippen LogP) is 5.78. The Bertz CT molecular complexity index is 2000. The lowest BCUT2D eigenvalue weighted by atomic mass is 9.76. The molecule has 0 saturated heterocycles. The van der Waals surface area contributed by atoms with Gasteiger partial charge in [-0.3, -0.25) is 0 Å². The number of aliphatic hydroxyl groups is 1. The fourth-order valence-electron chi connectivity index (χ4n) is 6.97. The number of carbonyl (C=O) groups is 1. The molecule has 5 aromatic rings. The van der Waals surface area contributed by atoms with Crippen LogP contribution in [0.4, 0.5) is 10.5 Å². The van der Waals surface area contributed by atoms with Gasteiger partial charge >= 0.3 is 6.03 Å². The van der Waals surface area contributed by atoms with E-state index in [2.05, 4.69) is 25.6 Å². The molecule has 2 atom stereocenters. The topological polar surface area (TPSA) is 118 Å². The lowest BCUT2D eigenvalue weighted by Crippen LogP contribution is -2.48. The molecule has 0 unspecified atom stereocenters. The number of nitrogens with zero attached hydrogens (tertiary/aromatic N) is 3. The second kappa shape index (κ2) is 11.2. The zero-order chi connectivity index (χ0) is 32.2. The summed E-state index contributed by atoms with van der Waals surface area (Å²) in [4.78, 5) is 14.2. The number of nitrogens with one attached hydrogen (secondary N) is 2. The molecule has 0 bridgehead atoms. The van der Waals surface area contributed by atoms with Crippen molar-refractivity contribution in [2.75, 3.05) is 11.9 Å². The van der Waals surface area contributed by atoms with E-state index in [0.29, 0.717) is 0 Å². The number of ether oxygens (including phenoxy) is 1. The maximum absolute atomic E-state index is 15.8. The van der Waals surface area contributed by atoms with E-state index in [1.165, 1.54) is 17.3 Å². The molecule has 4 aromatic carbocycles. The van der Waals surface area contributed by atoms with Gasteiger partial charge in [0.2, 0.25) is 5.88 Å². The molecule has 0 radical (unpaired) electrons. The van der Waals surface area contributed by atoms with Crippen LogP contribution in [0.15, 0.2) is 113 Å². The van der Waals surface area contributed by atoms with Gasteiger partial charge in [0.1, 0.15) is 10.4 Å². The van der Waals surface area contributed by atoms with Crippen molar-refractivity contribution < 1.29 is 18.8 Å². The Balaban J connectivity index is 1.34. The van der Waals surface area contributed by atoms with Crippen LogP contribution in [0.25, 0.3) is 0 Å². The van der Waals surface area contributed by atoms with Gasteiger partial charge in [0.25, 0.3) is 0 Å². The van der Waals surface area contributed by atoms with Gasteiger partial charge in [-0.2, -0.15) is 5.10 Å². The van der Waals surface area contributed by atoms with Crippen molar-refractivity contribution in [1.29, 1.82) is 0 Å². The van der Waals surface area contributed by atoms with Crippen molar-refractivity contribution in [3.8, 4) is 5.88 Å². The molecule has 0 spiro atoms. The van der Waals surface area contributed by atoms with Crippen LogP contribution in [0.1, 0.15) is 45.9 Å². The predicted molar refractivity (Wildman–Crippen MR) is 180 cm³/mol. The van der Waals surface area contributed by atoms with Crippen LogP contribution in [-0.2, 0) is 47.7 Å². The Hall–Kier alpha value is -4.77. The molecule has 2 aliphatic carbocycles. The SMILES string of the molecule is C[C@]1(CO)Cn2ncc([S@@](=O)(=NC(=O)Nc3c4c(cc5c3CC5)CC4)NC(c3ccccc3)(c3ccccc3)c3ccccc3)c2O1. The molecule has 2 amide bonds. The summed E-state index contributed by atoms with van der Waals surface area (Å²) in [6.07, 6.45) is 5.19. The second-order valence-corrected chi connectivity index (χ2v) is 14.6. The highest BCUT2D eigenvalue weighted by Crippen LogP contribution is 2.43. The van der Waals surface area contributed by atoms with Crippen molar-refractivity contribution >= 4 is 21.6 Å². The highest BCUT2D eigenvalue weighted by atomic mass is 32.2. The summed E-state index contributed by atoms with van der Waals surface area (Å²) in [7, 11) is -3.87. The third-order valence-electron chi connectivity index (χ3n) is 9.59. The fourth-order valence-corrected chi connectivity index (χ4v) is 8.85. The number of amides is 2. The van der Waals surface area contributed by atoms with E-state index in [4.69, 9.17) is 4.74 Å². The minimum absolute atomic E-state index is 0.131.